The van der Waals surface area contributed by atoms with Crippen LogP contribution in [-0.4, -0.2) is 48.9 Å². The molecule has 8 nitrogen and oxygen atoms in total. The zero-order valence-electron chi connectivity index (χ0n) is 11.5. The minimum Gasteiger partial charge on any atom is -0.756 e. The molecule has 1 N–H and O–H groups in total. The van der Waals surface area contributed by atoms with Crippen molar-refractivity contribution in [2.75, 3.05) is 26.3 Å². The first-order chi connectivity index (χ1) is 9.09. The summed E-state index contributed by atoms with van der Waals surface area (Å²) in [5.41, 5.74) is 2.28. The maximum absolute atomic E-state index is 11.4. The van der Waals surface area contributed by atoms with Crippen molar-refractivity contribution in [1.82, 2.24) is 15.9 Å². The summed E-state index contributed by atoms with van der Waals surface area (Å²) in [5.74, 6) is 0. The lowest BCUT2D eigenvalue weighted by atomic mass is 10.4. The van der Waals surface area contributed by atoms with Crippen molar-refractivity contribution >= 4 is 6.16 Å². The minimum absolute atomic E-state index is 0.190. The first-order valence-corrected chi connectivity index (χ1v) is 6.52. The molecule has 19 heavy (non-hydrogen) atoms. The molecule has 0 saturated carbocycles. The smallest absolute Gasteiger partial charge is 0.508 e. The summed E-state index contributed by atoms with van der Waals surface area (Å²) in [6.45, 7) is 5.43. The van der Waals surface area contributed by atoms with Gasteiger partial charge in [-0.15, -0.1) is 5.59 Å². The number of ether oxygens (including phenoxy) is 2. The van der Waals surface area contributed by atoms with Crippen LogP contribution in [-0.2, 0) is 14.3 Å². The zero-order valence-corrected chi connectivity index (χ0v) is 11.5. The third-order valence-corrected chi connectivity index (χ3v) is 2.42. The molecule has 8 heteroatoms. The number of hydrogen-bond acceptors (Lipinski definition) is 8. The molecule has 112 valence electrons. The van der Waals surface area contributed by atoms with Crippen LogP contribution in [0, 0.1) is 5.21 Å². The second-order valence-corrected chi connectivity index (χ2v) is 4.49. The summed E-state index contributed by atoms with van der Waals surface area (Å²) in [4.78, 5) is 16.0. The third kappa shape index (κ3) is 7.28. The van der Waals surface area contributed by atoms with E-state index in [1.54, 1.807) is 18.9 Å². The van der Waals surface area contributed by atoms with Gasteiger partial charge in [0, 0.05) is 19.5 Å². The van der Waals surface area contributed by atoms with Crippen molar-refractivity contribution in [3.63, 3.8) is 0 Å². The number of rotatable bonds is 8. The zero-order chi connectivity index (χ0) is 14.1. The SMILES string of the molecule is CC(C)OC(=O)OCCCONN([O-])N1CCCC1. The van der Waals surface area contributed by atoms with E-state index in [9.17, 15) is 10.0 Å². The predicted octanol–water partition coefficient (Wildman–Crippen LogP) is 1.18. The Kier molecular flexibility index (Phi) is 7.68. The molecule has 0 bridgehead atoms. The maximum Gasteiger partial charge on any atom is 0.508 e. The van der Waals surface area contributed by atoms with Crippen LogP contribution in [0.2, 0.25) is 0 Å². The summed E-state index contributed by atoms with van der Waals surface area (Å²) in [6, 6.07) is 0. The second kappa shape index (κ2) is 9.05. The highest BCUT2D eigenvalue weighted by atomic mass is 16.8. The molecule has 1 fully saturated rings. The Labute approximate surface area is 113 Å². The highest BCUT2D eigenvalue weighted by molar-refractivity contribution is 5.59. The standard InChI is InChI=1S/C11H22N3O5/c1-10(2)19-11(15)17-8-5-9-18-12-14(16)13-6-3-4-7-13/h10,12H,3-9H2,1-2H3/q-1. The number of carbonyl (C=O) groups is 1. The molecule has 0 radical (unpaired) electrons. The molecule has 0 aromatic rings. The Hall–Kier alpha value is -0.930. The normalized spacial score (nSPS) is 16.3. The van der Waals surface area contributed by atoms with Crippen molar-refractivity contribution in [2.24, 2.45) is 0 Å². The van der Waals surface area contributed by atoms with Crippen molar-refractivity contribution < 1.29 is 19.1 Å². The fraction of sp³-hybridized carbons (Fsp3) is 0.909. The lowest BCUT2D eigenvalue weighted by Crippen LogP contribution is -2.45. The summed E-state index contributed by atoms with van der Waals surface area (Å²) in [7, 11) is 0. The van der Waals surface area contributed by atoms with E-state index in [2.05, 4.69) is 5.59 Å². The van der Waals surface area contributed by atoms with Gasteiger partial charge < -0.3 is 14.7 Å². The van der Waals surface area contributed by atoms with E-state index in [0.717, 1.165) is 25.9 Å². The lowest BCUT2D eigenvalue weighted by molar-refractivity contribution is -0.152. The van der Waals surface area contributed by atoms with Crippen molar-refractivity contribution in [1.29, 1.82) is 0 Å². The van der Waals surface area contributed by atoms with Crippen LogP contribution < -0.4 is 5.59 Å². The van der Waals surface area contributed by atoms with Crippen LogP contribution in [0.4, 0.5) is 4.79 Å². The topological polar surface area (TPSA) is 86.3 Å². The summed E-state index contributed by atoms with van der Waals surface area (Å²) in [5, 5.41) is 13.6. The molecule has 0 aromatic heterocycles. The average Bonchev–Trinajstić information content (AvgIpc) is 2.86. The Bertz CT molecular complexity index is 259. The maximum atomic E-state index is 11.4. The molecule has 0 unspecified atom stereocenters. The van der Waals surface area contributed by atoms with Crippen LogP contribution in [0.5, 0.6) is 0 Å². The molecule has 1 aliphatic heterocycles. The first-order valence-electron chi connectivity index (χ1n) is 6.52. The number of nitrogens with one attached hydrogen (secondary N) is 1. The molecule has 0 aliphatic carbocycles. The van der Waals surface area contributed by atoms with Crippen LogP contribution in [0.3, 0.4) is 0 Å². The largest absolute Gasteiger partial charge is 0.756 e. The van der Waals surface area contributed by atoms with Crippen molar-refractivity contribution in [3.05, 3.63) is 5.21 Å². The number of hydrogen-bond donors (Lipinski definition) is 1. The summed E-state index contributed by atoms with van der Waals surface area (Å²) < 4.78 is 9.57. The molecule has 0 atom stereocenters. The molecule has 0 amide bonds. The van der Waals surface area contributed by atoms with Gasteiger partial charge in [-0.2, -0.15) is 0 Å². The van der Waals surface area contributed by atoms with E-state index in [-0.39, 0.29) is 19.3 Å². The van der Waals surface area contributed by atoms with E-state index in [1.807, 2.05) is 0 Å². The van der Waals surface area contributed by atoms with Gasteiger partial charge in [-0.05, 0) is 26.7 Å². The number of hydrazine groups is 2. The monoisotopic (exact) mass is 276 g/mol. The van der Waals surface area contributed by atoms with Gasteiger partial charge in [-0.25, -0.2) is 15.1 Å². The third-order valence-electron chi connectivity index (χ3n) is 2.42. The quantitative estimate of drug-likeness (QED) is 0.402. The lowest BCUT2D eigenvalue weighted by Gasteiger charge is -2.36. The predicted molar refractivity (Wildman–Crippen MR) is 67.3 cm³/mol. The molecule has 1 rings (SSSR count). The second-order valence-electron chi connectivity index (χ2n) is 4.49. The van der Waals surface area contributed by atoms with Crippen LogP contribution in [0.25, 0.3) is 0 Å². The van der Waals surface area contributed by atoms with Gasteiger partial charge in [-0.3, -0.25) is 4.84 Å². The molecule has 1 aliphatic rings. The van der Waals surface area contributed by atoms with E-state index in [4.69, 9.17) is 14.3 Å². The fourth-order valence-corrected chi connectivity index (χ4v) is 1.55. The van der Waals surface area contributed by atoms with E-state index in [0.29, 0.717) is 11.7 Å². The Morgan fingerprint density at radius 1 is 1.37 bits per heavy atom. The molecule has 1 saturated heterocycles. The van der Waals surface area contributed by atoms with E-state index >= 15 is 0 Å². The van der Waals surface area contributed by atoms with Gasteiger partial charge >= 0.3 is 6.16 Å². The molecule has 1 heterocycles. The van der Waals surface area contributed by atoms with Crippen molar-refractivity contribution in [3.8, 4) is 0 Å². The van der Waals surface area contributed by atoms with Gasteiger partial charge in [0.15, 0.2) is 0 Å². The van der Waals surface area contributed by atoms with E-state index in [1.165, 1.54) is 0 Å². The van der Waals surface area contributed by atoms with Crippen molar-refractivity contribution in [2.45, 2.75) is 39.2 Å². The molecule has 0 aromatic carbocycles. The van der Waals surface area contributed by atoms with Gasteiger partial charge in [0.1, 0.15) is 0 Å². The Morgan fingerprint density at radius 2 is 2.05 bits per heavy atom. The van der Waals surface area contributed by atoms with Gasteiger partial charge in [0.25, 0.3) is 0 Å². The Balaban J connectivity index is 1.92. The minimum atomic E-state index is -0.689. The summed E-state index contributed by atoms with van der Waals surface area (Å²) in [6.07, 6.45) is 1.64. The number of nitrogens with zero attached hydrogens (tertiary/aromatic N) is 2. The van der Waals surface area contributed by atoms with Gasteiger partial charge in [-0.1, -0.05) is 0 Å². The van der Waals surface area contributed by atoms with E-state index < -0.39 is 6.16 Å². The van der Waals surface area contributed by atoms with Gasteiger partial charge in [0.2, 0.25) is 0 Å². The fourth-order valence-electron chi connectivity index (χ4n) is 1.55. The van der Waals surface area contributed by atoms with Gasteiger partial charge in [0.05, 0.1) is 19.3 Å². The number of carbonyl (C=O) groups excluding carboxylic acids is 1. The highest BCUT2D eigenvalue weighted by Crippen LogP contribution is 2.07. The van der Waals surface area contributed by atoms with Crippen LogP contribution >= 0.6 is 0 Å². The summed E-state index contributed by atoms with van der Waals surface area (Å²) >= 11 is 0. The molecular weight excluding hydrogens is 254 g/mol. The van der Waals surface area contributed by atoms with Crippen LogP contribution in [0.15, 0.2) is 0 Å². The Morgan fingerprint density at radius 3 is 2.68 bits per heavy atom. The highest BCUT2D eigenvalue weighted by Gasteiger charge is 2.12. The van der Waals surface area contributed by atoms with Crippen LogP contribution in [0.1, 0.15) is 33.1 Å². The molecule has 0 spiro atoms. The first kappa shape index (κ1) is 16.1. The molecular formula is C11H22N3O5-. The average molecular weight is 276 g/mol.